The first-order valence-corrected chi connectivity index (χ1v) is 37.6. The van der Waals surface area contributed by atoms with Gasteiger partial charge in [-0.05, 0) is 200 Å². The monoisotopic (exact) mass is 1350 g/mol. The molecule has 0 saturated heterocycles. The molecule has 2 aliphatic rings. The minimum Gasteiger partial charge on any atom is -0.309 e. The second-order valence-corrected chi connectivity index (χ2v) is 32.5. The number of thiophene rings is 3. The van der Waals surface area contributed by atoms with Crippen LogP contribution in [-0.4, -0.2) is 23.7 Å². The Morgan fingerprint density at radius 2 is 0.559 bits per heavy atom. The molecule has 0 saturated carbocycles. The number of hydrogen-bond donors (Lipinski definition) is 0. The first-order chi connectivity index (χ1) is 50.0. The highest BCUT2D eigenvalue weighted by molar-refractivity contribution is 7.26. The first kappa shape index (κ1) is 57.0. The second-order valence-electron chi connectivity index (χ2n) is 29.2. The zero-order valence-corrected chi connectivity index (χ0v) is 58.5. The summed E-state index contributed by atoms with van der Waals surface area (Å²) in [6.07, 6.45) is 0. The number of aromatic nitrogens is 5. The van der Waals surface area contributed by atoms with Crippen molar-refractivity contribution in [2.24, 2.45) is 0 Å². The van der Waals surface area contributed by atoms with E-state index in [4.69, 9.17) is 9.97 Å². The van der Waals surface area contributed by atoms with Crippen molar-refractivity contribution >= 4 is 160 Å². The SMILES string of the molecule is CC1(C)c2cc(-c3cc(-n4c5ccccc5c5cc(-c6ccc7sc8ccccc8c7c6)ccc54)nc(-n4c5ccccc5c5cc(-c6ccc7sc8ccccc8c7c6)ccc54)n3)cc3c2-c2c1cc(-n1c4ccccc4c4cc(-c5ccc6sc7ccccc7c6c5)ccc41)cc2C3(C)C. The molecular weight excluding hydrogens is 1300 g/mol. The molecule has 0 atom stereocenters. The predicted molar refractivity (Wildman–Crippen MR) is 435 cm³/mol. The van der Waals surface area contributed by atoms with Gasteiger partial charge in [-0.1, -0.05) is 173 Å². The average molecular weight is 1350 g/mol. The molecule has 8 heteroatoms. The molecule has 0 bridgehead atoms. The number of benzene rings is 14. The molecule has 0 spiro atoms. The third kappa shape index (κ3) is 7.86. The average Bonchev–Trinajstić information content (AvgIpc) is 1.50. The van der Waals surface area contributed by atoms with Gasteiger partial charge < -0.3 is 4.57 Å². The van der Waals surface area contributed by atoms with Crippen molar-refractivity contribution in [3.63, 3.8) is 0 Å². The summed E-state index contributed by atoms with van der Waals surface area (Å²) in [6, 6.07) is 107. The van der Waals surface area contributed by atoms with Crippen molar-refractivity contribution in [3.05, 3.63) is 307 Å². The molecule has 102 heavy (non-hydrogen) atoms. The van der Waals surface area contributed by atoms with Crippen LogP contribution in [0.4, 0.5) is 0 Å². The summed E-state index contributed by atoms with van der Waals surface area (Å²) in [7, 11) is 0. The molecule has 0 radical (unpaired) electrons. The van der Waals surface area contributed by atoms with E-state index in [2.05, 4.69) is 327 Å². The Morgan fingerprint density at radius 3 is 0.990 bits per heavy atom. The van der Waals surface area contributed by atoms with Gasteiger partial charge in [-0.3, -0.25) is 9.13 Å². The third-order valence-electron chi connectivity index (χ3n) is 23.0. The fourth-order valence-corrected chi connectivity index (χ4v) is 21.3. The van der Waals surface area contributed by atoms with E-state index in [9.17, 15) is 0 Å². The number of rotatable bonds is 7. The molecule has 478 valence electrons. The van der Waals surface area contributed by atoms with E-state index in [1.54, 1.807) is 0 Å². The van der Waals surface area contributed by atoms with E-state index >= 15 is 0 Å². The maximum atomic E-state index is 5.88. The molecule has 21 aromatic rings. The van der Waals surface area contributed by atoms with Crippen molar-refractivity contribution < 1.29 is 0 Å². The van der Waals surface area contributed by atoms with Gasteiger partial charge in [-0.2, -0.15) is 4.98 Å². The zero-order chi connectivity index (χ0) is 67.2. The largest absolute Gasteiger partial charge is 0.309 e. The lowest BCUT2D eigenvalue weighted by Gasteiger charge is -2.30. The minimum atomic E-state index is -0.358. The highest BCUT2D eigenvalue weighted by Gasteiger charge is 2.48. The molecule has 5 nitrogen and oxygen atoms in total. The molecule has 23 rings (SSSR count). The Kier molecular flexibility index (Phi) is 11.4. The van der Waals surface area contributed by atoms with Crippen LogP contribution < -0.4 is 0 Å². The third-order valence-corrected chi connectivity index (χ3v) is 26.5. The van der Waals surface area contributed by atoms with Crippen LogP contribution >= 0.6 is 34.0 Å². The lowest BCUT2D eigenvalue weighted by molar-refractivity contribution is 0.629. The van der Waals surface area contributed by atoms with Crippen LogP contribution in [0.5, 0.6) is 0 Å². The second kappa shape index (κ2) is 20.5. The summed E-state index contributed by atoms with van der Waals surface area (Å²) >= 11 is 5.59. The lowest BCUT2D eigenvalue weighted by atomic mass is 9.74. The minimum absolute atomic E-state index is 0.358. The topological polar surface area (TPSA) is 40.6 Å². The van der Waals surface area contributed by atoms with Gasteiger partial charge in [0, 0.05) is 121 Å². The molecule has 0 aliphatic heterocycles. The molecule has 2 aliphatic carbocycles. The van der Waals surface area contributed by atoms with Gasteiger partial charge in [-0.15, -0.1) is 34.0 Å². The van der Waals surface area contributed by atoms with Crippen LogP contribution in [0, 0.1) is 0 Å². The number of hydrogen-bond acceptors (Lipinski definition) is 5. The Hall–Kier alpha value is -11.8. The molecule has 7 heterocycles. The van der Waals surface area contributed by atoms with E-state index in [0.29, 0.717) is 5.95 Å². The van der Waals surface area contributed by atoms with E-state index in [-0.39, 0.29) is 10.8 Å². The lowest BCUT2D eigenvalue weighted by Crippen LogP contribution is -2.22. The van der Waals surface area contributed by atoms with Gasteiger partial charge >= 0.3 is 0 Å². The van der Waals surface area contributed by atoms with Crippen molar-refractivity contribution in [2.75, 3.05) is 0 Å². The van der Waals surface area contributed by atoms with E-state index in [0.717, 1.165) is 49.9 Å². The van der Waals surface area contributed by atoms with Gasteiger partial charge in [0.15, 0.2) is 0 Å². The number of nitrogens with zero attached hydrogens (tertiary/aromatic N) is 5. The fraction of sp³-hybridized carbons (Fsp3) is 0.0638. The van der Waals surface area contributed by atoms with Gasteiger partial charge in [0.25, 0.3) is 0 Å². The van der Waals surface area contributed by atoms with E-state index < -0.39 is 0 Å². The van der Waals surface area contributed by atoms with Crippen molar-refractivity contribution in [3.8, 4) is 73.2 Å². The van der Waals surface area contributed by atoms with E-state index in [1.165, 1.54) is 166 Å². The summed E-state index contributed by atoms with van der Waals surface area (Å²) < 4.78 is 15.1. The first-order valence-electron chi connectivity index (χ1n) is 35.2. The molecule has 0 amide bonds. The molecule has 0 N–H and O–H groups in total. The highest BCUT2D eigenvalue weighted by Crippen LogP contribution is 2.62. The van der Waals surface area contributed by atoms with Gasteiger partial charge in [-0.25, -0.2) is 4.98 Å². The van der Waals surface area contributed by atoms with Gasteiger partial charge in [0.2, 0.25) is 5.95 Å². The molecule has 7 aromatic heterocycles. The molecule has 0 fully saturated rings. The normalized spacial score (nSPS) is 13.8. The standard InChI is InChI=1S/C94H59N5S3/c1-93(2)72-47-58(48-73-90(72)91-74(93)49-59(50-75(91)94(73,3)4)97-77-23-11-5-17-60(77)66-41-52(29-35-80(66)97)55-32-38-86-69(44-55)63-20-8-14-26-83(63)100-86)76-51-89(98-78-24-12-6-18-61(78)67-42-53(30-36-81(67)98)56-33-39-87-70(45-56)64-21-9-15-27-84(64)101-87)96-92(95-76)99-79-25-13-7-19-62(79)68-43-54(31-37-82(68)99)57-34-40-88-71(46-57)65-22-10-16-28-85(65)102-88/h5-51H,1-4H3. The van der Waals surface area contributed by atoms with E-state index in [1.807, 2.05) is 34.0 Å². The summed E-state index contributed by atoms with van der Waals surface area (Å²) in [5.74, 6) is 1.42. The van der Waals surface area contributed by atoms with Crippen molar-refractivity contribution in [1.82, 2.24) is 23.7 Å². The summed E-state index contributed by atoms with van der Waals surface area (Å²) in [5, 5.41) is 15.0. The maximum Gasteiger partial charge on any atom is 0.237 e. The molecule has 0 unspecified atom stereocenters. The molecule has 14 aromatic carbocycles. The number of para-hydroxylation sites is 3. The van der Waals surface area contributed by atoms with Gasteiger partial charge in [0.1, 0.15) is 5.82 Å². The van der Waals surface area contributed by atoms with Crippen LogP contribution in [-0.2, 0) is 10.8 Å². The van der Waals surface area contributed by atoms with Crippen LogP contribution in [0.2, 0.25) is 0 Å². The Bertz CT molecular complexity index is 7030. The van der Waals surface area contributed by atoms with Crippen LogP contribution in [0.15, 0.2) is 285 Å². The Labute approximate surface area is 598 Å². The quantitative estimate of drug-likeness (QED) is 0.160. The summed E-state index contributed by atoms with van der Waals surface area (Å²) in [4.78, 5) is 11.7. The zero-order valence-electron chi connectivity index (χ0n) is 56.1. The molecular formula is C94H59N5S3. The Balaban J connectivity index is 0.703. The van der Waals surface area contributed by atoms with Crippen LogP contribution in [0.25, 0.3) is 199 Å². The highest BCUT2D eigenvalue weighted by atomic mass is 32.1. The summed E-state index contributed by atoms with van der Waals surface area (Å²) in [6.45, 7) is 9.78. The smallest absolute Gasteiger partial charge is 0.237 e. The Morgan fingerprint density at radius 1 is 0.245 bits per heavy atom. The van der Waals surface area contributed by atoms with Crippen molar-refractivity contribution in [1.29, 1.82) is 0 Å². The number of fused-ring (bicyclic) bond motifs is 18. The maximum absolute atomic E-state index is 5.88. The van der Waals surface area contributed by atoms with Crippen molar-refractivity contribution in [2.45, 2.75) is 38.5 Å². The van der Waals surface area contributed by atoms with Gasteiger partial charge in [0.05, 0.1) is 38.8 Å². The predicted octanol–water partition coefficient (Wildman–Crippen LogP) is 26.5. The summed E-state index contributed by atoms with van der Waals surface area (Å²) in [5.41, 5.74) is 24.4. The fourth-order valence-electron chi connectivity index (χ4n) is 18.0. The van der Waals surface area contributed by atoms with Crippen LogP contribution in [0.1, 0.15) is 49.9 Å². The van der Waals surface area contributed by atoms with Crippen LogP contribution in [0.3, 0.4) is 0 Å².